The van der Waals surface area contributed by atoms with E-state index in [1.807, 2.05) is 0 Å². The fourth-order valence-corrected chi connectivity index (χ4v) is 1.90. The summed E-state index contributed by atoms with van der Waals surface area (Å²) in [4.78, 5) is 21.5. The van der Waals surface area contributed by atoms with Crippen LogP contribution in [-0.2, 0) is 4.74 Å². The Morgan fingerprint density at radius 3 is 1.83 bits per heavy atom. The van der Waals surface area contributed by atoms with Crippen molar-refractivity contribution in [1.29, 1.82) is 0 Å². The molecule has 0 aliphatic rings. The van der Waals surface area contributed by atoms with Gasteiger partial charge in [-0.15, -0.1) is 0 Å². The number of carbonyl (C=O) groups excluding carboxylic acids is 1. The lowest BCUT2D eigenvalue weighted by molar-refractivity contribution is 0.0522. The van der Waals surface area contributed by atoms with E-state index in [2.05, 4.69) is 0 Å². The van der Waals surface area contributed by atoms with Gasteiger partial charge in [-0.2, -0.15) is 0 Å². The van der Waals surface area contributed by atoms with Crippen LogP contribution in [-0.4, -0.2) is 33.9 Å². The number of aromatic hydroxyl groups is 2. The second-order valence-electron chi connectivity index (χ2n) is 4.35. The van der Waals surface area contributed by atoms with E-state index in [1.54, 1.807) is 6.92 Å². The van der Waals surface area contributed by atoms with Crippen LogP contribution in [0.15, 0.2) is 36.4 Å². The monoisotopic (exact) mass is 372 g/mol. The zero-order valence-corrected chi connectivity index (χ0v) is 14.0. The molecule has 0 amide bonds. The fourth-order valence-electron chi connectivity index (χ4n) is 1.56. The Morgan fingerprint density at radius 2 is 1.42 bits per heavy atom. The third-order valence-electron chi connectivity index (χ3n) is 2.64. The Kier molecular flexibility index (Phi) is 7.35. The molecule has 3 N–H and O–H groups in total. The maximum Gasteiger partial charge on any atom is 0.341 e. The summed E-state index contributed by atoms with van der Waals surface area (Å²) in [5.74, 6) is -2.16. The Labute approximate surface area is 147 Å². The van der Waals surface area contributed by atoms with Crippen molar-refractivity contribution in [3.63, 3.8) is 0 Å². The molecule has 0 unspecified atom stereocenters. The first kappa shape index (κ1) is 19.6. The van der Waals surface area contributed by atoms with Gasteiger partial charge in [-0.25, -0.2) is 9.59 Å². The Bertz CT molecular complexity index is 745. The second-order valence-corrected chi connectivity index (χ2v) is 5.22. The predicted octanol–water partition coefficient (Wildman–Crippen LogP) is 3.97. The molecule has 24 heavy (non-hydrogen) atoms. The summed E-state index contributed by atoms with van der Waals surface area (Å²) < 4.78 is 4.71. The highest BCUT2D eigenvalue weighted by Gasteiger charge is 2.12. The van der Waals surface area contributed by atoms with E-state index in [-0.39, 0.29) is 29.2 Å². The molecule has 6 nitrogen and oxygen atoms in total. The summed E-state index contributed by atoms with van der Waals surface area (Å²) in [5.41, 5.74) is -0.0909. The molecule has 0 bridgehead atoms. The molecule has 0 heterocycles. The first-order chi connectivity index (χ1) is 11.3. The number of phenolic OH excluding ortho intramolecular Hbond substituents is 1. The van der Waals surface area contributed by atoms with Gasteiger partial charge in [-0.3, -0.25) is 0 Å². The summed E-state index contributed by atoms with van der Waals surface area (Å²) >= 11 is 11.1. The fraction of sp³-hybridized carbons (Fsp3) is 0.125. The minimum absolute atomic E-state index is 0.0920. The maximum absolute atomic E-state index is 11.2. The number of aromatic carboxylic acids is 1. The van der Waals surface area contributed by atoms with Gasteiger partial charge < -0.3 is 20.1 Å². The van der Waals surface area contributed by atoms with Gasteiger partial charge in [-0.05, 0) is 43.3 Å². The van der Waals surface area contributed by atoms with Gasteiger partial charge in [-0.1, -0.05) is 23.2 Å². The SMILES string of the molecule is CCOC(=O)c1cc(Cl)ccc1O.O=C(O)c1cc(Cl)ccc1O. The van der Waals surface area contributed by atoms with Crippen molar-refractivity contribution in [3.05, 3.63) is 57.6 Å². The maximum atomic E-state index is 11.2. The first-order valence-corrected chi connectivity index (χ1v) is 7.39. The van der Waals surface area contributed by atoms with Crippen LogP contribution >= 0.6 is 23.2 Å². The standard InChI is InChI=1S/C9H9ClO3.C7H5ClO3/c1-2-13-9(12)7-5-6(10)3-4-8(7)11;8-4-1-2-6(9)5(3-4)7(10)11/h3-5,11H,2H2,1H3;1-3,9H,(H,10,11). The Hall–Kier alpha value is -2.44. The number of phenols is 2. The van der Waals surface area contributed by atoms with Crippen LogP contribution in [0.2, 0.25) is 10.0 Å². The molecule has 0 spiro atoms. The lowest BCUT2D eigenvalue weighted by Gasteiger charge is -2.03. The van der Waals surface area contributed by atoms with Crippen LogP contribution in [0.25, 0.3) is 0 Å². The molecule has 0 aliphatic carbocycles. The van der Waals surface area contributed by atoms with Crippen LogP contribution in [0.5, 0.6) is 11.5 Å². The topological polar surface area (TPSA) is 104 Å². The minimum Gasteiger partial charge on any atom is -0.507 e. The average molecular weight is 373 g/mol. The summed E-state index contributed by atoms with van der Waals surface area (Å²) in [6.45, 7) is 1.96. The molecule has 0 aliphatic heterocycles. The summed E-state index contributed by atoms with van der Waals surface area (Å²) in [6.07, 6.45) is 0. The quantitative estimate of drug-likeness (QED) is 0.704. The van der Waals surface area contributed by atoms with Crippen molar-refractivity contribution in [2.45, 2.75) is 6.92 Å². The van der Waals surface area contributed by atoms with Gasteiger partial charge >= 0.3 is 11.9 Å². The van der Waals surface area contributed by atoms with Gasteiger partial charge in [0.15, 0.2) is 0 Å². The third kappa shape index (κ3) is 5.64. The van der Waals surface area contributed by atoms with Crippen LogP contribution in [0.4, 0.5) is 0 Å². The number of esters is 1. The molecule has 2 rings (SSSR count). The molecule has 0 saturated heterocycles. The van der Waals surface area contributed by atoms with E-state index in [0.717, 1.165) is 0 Å². The van der Waals surface area contributed by atoms with Crippen molar-refractivity contribution in [2.75, 3.05) is 6.61 Å². The number of hydrogen-bond donors (Lipinski definition) is 3. The summed E-state index contributed by atoms with van der Waals surface area (Å²) in [5, 5.41) is 27.4. The first-order valence-electron chi connectivity index (χ1n) is 6.63. The number of ether oxygens (including phenoxy) is 1. The lowest BCUT2D eigenvalue weighted by atomic mass is 10.2. The zero-order valence-electron chi connectivity index (χ0n) is 12.5. The molecule has 128 valence electrons. The smallest absolute Gasteiger partial charge is 0.341 e. The van der Waals surface area contributed by atoms with Crippen LogP contribution in [0.1, 0.15) is 27.6 Å². The summed E-state index contributed by atoms with van der Waals surface area (Å²) in [6, 6.07) is 8.08. The molecule has 8 heteroatoms. The Balaban J connectivity index is 0.000000243. The van der Waals surface area contributed by atoms with Gasteiger partial charge in [0, 0.05) is 10.0 Å². The molecule has 2 aromatic rings. The molecule has 0 aromatic heterocycles. The van der Waals surface area contributed by atoms with E-state index < -0.39 is 11.9 Å². The minimum atomic E-state index is -1.19. The number of rotatable bonds is 3. The highest BCUT2D eigenvalue weighted by Crippen LogP contribution is 2.22. The van der Waals surface area contributed by atoms with Crippen LogP contribution in [0, 0.1) is 0 Å². The van der Waals surface area contributed by atoms with Crippen LogP contribution < -0.4 is 0 Å². The molecule has 0 fully saturated rings. The predicted molar refractivity (Wildman–Crippen MR) is 89.1 cm³/mol. The highest BCUT2D eigenvalue weighted by atomic mass is 35.5. The van der Waals surface area contributed by atoms with Crippen molar-refractivity contribution in [3.8, 4) is 11.5 Å². The van der Waals surface area contributed by atoms with E-state index >= 15 is 0 Å². The van der Waals surface area contributed by atoms with Crippen molar-refractivity contribution in [2.24, 2.45) is 0 Å². The van der Waals surface area contributed by atoms with E-state index in [0.29, 0.717) is 10.0 Å². The molecule has 0 atom stereocenters. The van der Waals surface area contributed by atoms with Gasteiger partial charge in [0.1, 0.15) is 22.6 Å². The van der Waals surface area contributed by atoms with Gasteiger partial charge in [0.2, 0.25) is 0 Å². The molecular weight excluding hydrogens is 359 g/mol. The number of halogens is 2. The average Bonchev–Trinajstić information content (AvgIpc) is 2.52. The lowest BCUT2D eigenvalue weighted by Crippen LogP contribution is -2.04. The number of benzene rings is 2. The molecular formula is C16H14Cl2O6. The normalized spacial score (nSPS) is 9.62. The van der Waals surface area contributed by atoms with Crippen LogP contribution in [0.3, 0.4) is 0 Å². The number of carboxylic acid groups (broad SMARTS) is 1. The Morgan fingerprint density at radius 1 is 0.958 bits per heavy atom. The number of carboxylic acids is 1. The van der Waals surface area contributed by atoms with Crippen molar-refractivity contribution < 1.29 is 29.6 Å². The number of carbonyl (C=O) groups is 2. The van der Waals surface area contributed by atoms with Gasteiger partial charge in [0.25, 0.3) is 0 Å². The molecule has 2 aromatic carbocycles. The molecule has 0 saturated carbocycles. The zero-order chi connectivity index (χ0) is 18.3. The highest BCUT2D eigenvalue weighted by molar-refractivity contribution is 6.31. The van der Waals surface area contributed by atoms with Gasteiger partial charge in [0.05, 0.1) is 6.61 Å². The largest absolute Gasteiger partial charge is 0.507 e. The van der Waals surface area contributed by atoms with Crippen molar-refractivity contribution in [1.82, 2.24) is 0 Å². The molecule has 0 radical (unpaired) electrons. The summed E-state index contributed by atoms with van der Waals surface area (Å²) in [7, 11) is 0. The second kappa shape index (κ2) is 9.00. The number of hydrogen-bond acceptors (Lipinski definition) is 5. The van der Waals surface area contributed by atoms with E-state index in [9.17, 15) is 14.7 Å². The third-order valence-corrected chi connectivity index (χ3v) is 3.11. The van der Waals surface area contributed by atoms with E-state index in [4.69, 9.17) is 38.2 Å². The van der Waals surface area contributed by atoms with E-state index in [1.165, 1.54) is 36.4 Å². The van der Waals surface area contributed by atoms with Crippen molar-refractivity contribution >= 4 is 35.1 Å².